The first-order valence-electron chi connectivity index (χ1n) is 6.22. The highest BCUT2D eigenvalue weighted by molar-refractivity contribution is 14.1. The minimum Gasteiger partial charge on any atom is -0.274 e. The molecular formula is C13H14INO4S. The van der Waals surface area contributed by atoms with Crippen LogP contribution in [0, 0.1) is 3.57 Å². The van der Waals surface area contributed by atoms with Crippen molar-refractivity contribution in [3.63, 3.8) is 0 Å². The number of hydrogen-bond donors (Lipinski definition) is 0. The minimum atomic E-state index is -3.07. The molecule has 0 N–H and O–H groups in total. The number of fused-ring (bicyclic) bond motifs is 1. The van der Waals surface area contributed by atoms with Gasteiger partial charge in [0.25, 0.3) is 11.8 Å². The molecule has 1 aromatic carbocycles. The van der Waals surface area contributed by atoms with E-state index in [0.29, 0.717) is 11.1 Å². The standard InChI is InChI=1S/C13H14INO4S/c1-2-20(18,19)8-4-7-15-12(16)9-5-3-6-10(14)11(9)13(15)17/h3,5-6H,2,4,7-8H2,1H3. The van der Waals surface area contributed by atoms with Gasteiger partial charge in [0.15, 0.2) is 0 Å². The van der Waals surface area contributed by atoms with Crippen LogP contribution in [0.15, 0.2) is 18.2 Å². The van der Waals surface area contributed by atoms with Crippen molar-refractivity contribution in [2.24, 2.45) is 0 Å². The van der Waals surface area contributed by atoms with Gasteiger partial charge in [-0.25, -0.2) is 8.42 Å². The highest BCUT2D eigenvalue weighted by atomic mass is 127. The first-order valence-corrected chi connectivity index (χ1v) is 9.12. The number of imide groups is 1. The molecule has 7 heteroatoms. The SMILES string of the molecule is CCS(=O)(=O)CCCN1C(=O)c2cccc(I)c2C1=O. The average Bonchev–Trinajstić information content (AvgIpc) is 2.65. The van der Waals surface area contributed by atoms with E-state index in [-0.39, 0.29) is 36.3 Å². The Bertz CT molecular complexity index is 669. The number of carbonyl (C=O) groups is 2. The maximum atomic E-state index is 12.2. The molecule has 0 saturated carbocycles. The molecular weight excluding hydrogens is 393 g/mol. The van der Waals surface area contributed by atoms with Crippen LogP contribution in [0.4, 0.5) is 0 Å². The largest absolute Gasteiger partial charge is 0.274 e. The van der Waals surface area contributed by atoms with Gasteiger partial charge in [0.2, 0.25) is 0 Å². The quantitative estimate of drug-likeness (QED) is 0.551. The molecule has 1 aliphatic rings. The van der Waals surface area contributed by atoms with Crippen molar-refractivity contribution in [3.05, 3.63) is 32.9 Å². The zero-order valence-corrected chi connectivity index (χ0v) is 13.9. The minimum absolute atomic E-state index is 0.00595. The van der Waals surface area contributed by atoms with E-state index in [9.17, 15) is 18.0 Å². The van der Waals surface area contributed by atoms with Crippen molar-refractivity contribution in [1.82, 2.24) is 4.90 Å². The summed E-state index contributed by atoms with van der Waals surface area (Å²) in [6.07, 6.45) is 0.276. The fourth-order valence-corrected chi connectivity index (χ4v) is 3.67. The Morgan fingerprint density at radius 3 is 2.50 bits per heavy atom. The number of sulfone groups is 1. The molecule has 2 rings (SSSR count). The average molecular weight is 407 g/mol. The van der Waals surface area contributed by atoms with Crippen molar-refractivity contribution in [3.8, 4) is 0 Å². The summed E-state index contributed by atoms with van der Waals surface area (Å²) in [5.74, 6) is -0.595. The van der Waals surface area contributed by atoms with E-state index in [1.165, 1.54) is 0 Å². The van der Waals surface area contributed by atoms with Crippen LogP contribution in [0.5, 0.6) is 0 Å². The molecule has 108 valence electrons. The molecule has 1 aromatic rings. The van der Waals surface area contributed by atoms with Crippen molar-refractivity contribution in [1.29, 1.82) is 0 Å². The normalized spacial score (nSPS) is 14.8. The smallest absolute Gasteiger partial charge is 0.262 e. The third-order valence-electron chi connectivity index (χ3n) is 3.23. The van der Waals surface area contributed by atoms with Crippen LogP contribution in [-0.2, 0) is 9.84 Å². The molecule has 0 radical (unpaired) electrons. The van der Waals surface area contributed by atoms with Crippen molar-refractivity contribution >= 4 is 44.2 Å². The Balaban J connectivity index is 2.12. The predicted octanol–water partition coefficient (Wildman–Crippen LogP) is 1.71. The highest BCUT2D eigenvalue weighted by Crippen LogP contribution is 2.27. The third-order valence-corrected chi connectivity index (χ3v) is 5.91. The molecule has 0 saturated heterocycles. The van der Waals surface area contributed by atoms with Gasteiger partial charge in [-0.05, 0) is 41.1 Å². The second-order valence-electron chi connectivity index (χ2n) is 4.51. The van der Waals surface area contributed by atoms with Crippen LogP contribution in [0.2, 0.25) is 0 Å². The molecule has 1 aliphatic heterocycles. The van der Waals surface area contributed by atoms with E-state index in [0.717, 1.165) is 8.47 Å². The van der Waals surface area contributed by atoms with E-state index in [4.69, 9.17) is 0 Å². The lowest BCUT2D eigenvalue weighted by atomic mass is 10.1. The summed E-state index contributed by atoms with van der Waals surface area (Å²) >= 11 is 2.02. The van der Waals surface area contributed by atoms with E-state index in [2.05, 4.69) is 0 Å². The Morgan fingerprint density at radius 1 is 1.20 bits per heavy atom. The molecule has 0 bridgehead atoms. The van der Waals surface area contributed by atoms with Crippen LogP contribution in [0.25, 0.3) is 0 Å². The van der Waals surface area contributed by atoms with Crippen LogP contribution < -0.4 is 0 Å². The lowest BCUT2D eigenvalue weighted by molar-refractivity contribution is 0.0654. The van der Waals surface area contributed by atoms with Gasteiger partial charge in [0.1, 0.15) is 9.84 Å². The number of benzene rings is 1. The van der Waals surface area contributed by atoms with Gasteiger partial charge in [0.05, 0.1) is 16.9 Å². The van der Waals surface area contributed by atoms with E-state index in [1.807, 2.05) is 22.6 Å². The molecule has 2 amide bonds. The summed E-state index contributed by atoms with van der Waals surface area (Å²) in [4.78, 5) is 25.5. The highest BCUT2D eigenvalue weighted by Gasteiger charge is 2.36. The van der Waals surface area contributed by atoms with E-state index >= 15 is 0 Å². The van der Waals surface area contributed by atoms with Gasteiger partial charge in [0, 0.05) is 15.9 Å². The molecule has 5 nitrogen and oxygen atoms in total. The summed E-state index contributed by atoms with van der Waals surface area (Å²) in [5, 5.41) is 0. The number of amides is 2. The monoisotopic (exact) mass is 407 g/mol. The summed E-state index contributed by atoms with van der Waals surface area (Å²) < 4.78 is 23.6. The predicted molar refractivity (Wildman–Crippen MR) is 83.5 cm³/mol. The number of hydrogen-bond acceptors (Lipinski definition) is 4. The van der Waals surface area contributed by atoms with Gasteiger partial charge in [-0.2, -0.15) is 0 Å². The van der Waals surface area contributed by atoms with Crippen molar-refractivity contribution < 1.29 is 18.0 Å². The Hall–Kier alpha value is -0.960. The molecule has 0 unspecified atom stereocenters. The molecule has 0 aromatic heterocycles. The molecule has 0 fully saturated rings. The van der Waals surface area contributed by atoms with Gasteiger partial charge < -0.3 is 0 Å². The lowest BCUT2D eigenvalue weighted by Crippen LogP contribution is -2.32. The maximum absolute atomic E-state index is 12.2. The first-order chi connectivity index (χ1) is 9.37. The Labute approximate surface area is 131 Å². The second-order valence-corrected chi connectivity index (χ2v) is 8.15. The van der Waals surface area contributed by atoms with Crippen LogP contribution in [0.1, 0.15) is 34.1 Å². The zero-order chi connectivity index (χ0) is 14.9. The van der Waals surface area contributed by atoms with Crippen LogP contribution in [-0.4, -0.2) is 43.2 Å². The zero-order valence-electron chi connectivity index (χ0n) is 10.9. The summed E-state index contributed by atoms with van der Waals surface area (Å²) in [7, 11) is -3.07. The fourth-order valence-electron chi connectivity index (χ4n) is 2.08. The molecule has 0 atom stereocenters. The lowest BCUT2D eigenvalue weighted by Gasteiger charge is -2.13. The van der Waals surface area contributed by atoms with Crippen LogP contribution in [0.3, 0.4) is 0 Å². The van der Waals surface area contributed by atoms with E-state index in [1.54, 1.807) is 25.1 Å². The van der Waals surface area contributed by atoms with E-state index < -0.39 is 9.84 Å². The number of nitrogens with zero attached hydrogens (tertiary/aromatic N) is 1. The summed E-state index contributed by atoms with van der Waals surface area (Å²) in [5.41, 5.74) is 0.830. The number of halogens is 1. The second kappa shape index (κ2) is 5.80. The van der Waals surface area contributed by atoms with Gasteiger partial charge in [-0.15, -0.1) is 0 Å². The Kier molecular flexibility index (Phi) is 4.48. The summed E-state index contributed by atoms with van der Waals surface area (Å²) in [6.45, 7) is 1.72. The molecule has 20 heavy (non-hydrogen) atoms. The van der Waals surface area contributed by atoms with Crippen LogP contribution >= 0.6 is 22.6 Å². The first kappa shape index (κ1) is 15.4. The summed E-state index contributed by atoms with van der Waals surface area (Å²) in [6, 6.07) is 5.13. The number of carbonyl (C=O) groups excluding carboxylic acids is 2. The van der Waals surface area contributed by atoms with Gasteiger partial charge in [-0.1, -0.05) is 13.0 Å². The maximum Gasteiger partial charge on any atom is 0.262 e. The van der Waals surface area contributed by atoms with Gasteiger partial charge >= 0.3 is 0 Å². The molecule has 0 aliphatic carbocycles. The topological polar surface area (TPSA) is 71.5 Å². The number of rotatable bonds is 5. The van der Waals surface area contributed by atoms with Crippen molar-refractivity contribution in [2.75, 3.05) is 18.1 Å². The van der Waals surface area contributed by atoms with Gasteiger partial charge in [-0.3, -0.25) is 14.5 Å². The van der Waals surface area contributed by atoms with Crippen molar-refractivity contribution in [2.45, 2.75) is 13.3 Å². The molecule has 1 heterocycles. The third kappa shape index (κ3) is 2.88. The fraction of sp³-hybridized carbons (Fsp3) is 0.385. The Morgan fingerprint density at radius 2 is 1.90 bits per heavy atom. The molecule has 0 spiro atoms.